The Labute approximate surface area is 42.3 Å². The zero-order valence-corrected chi connectivity index (χ0v) is 4.09. The molecule has 1 heterocycles. The number of nitrogens with two attached hydrogens (primary N) is 1. The van der Waals surface area contributed by atoms with Gasteiger partial charge in [-0.05, 0) is 0 Å². The number of rotatable bonds is 1. The molecule has 3 nitrogen and oxygen atoms in total. The van der Waals surface area contributed by atoms with Crippen molar-refractivity contribution in [3.05, 3.63) is 0 Å². The molecule has 42 valence electrons. The summed E-state index contributed by atoms with van der Waals surface area (Å²) < 4.78 is 4.94. The zero-order valence-electron chi connectivity index (χ0n) is 4.09. The second kappa shape index (κ2) is 2.26. The summed E-state index contributed by atoms with van der Waals surface area (Å²) in [7, 11) is 0. The Bertz CT molecular complexity index is 51.7. The smallest absolute Gasteiger partial charge is 0.104 e. The molecule has 1 saturated heterocycles. The quantitative estimate of drug-likeness (QED) is 0.462. The van der Waals surface area contributed by atoms with Gasteiger partial charge in [-0.2, -0.15) is 0 Å². The molecule has 0 unspecified atom stereocenters. The Hall–Kier alpha value is -0.120. The van der Waals surface area contributed by atoms with Gasteiger partial charge in [0, 0.05) is 13.0 Å². The average Bonchev–Trinajstić information content (AvgIpc) is 2.14. The Balaban J connectivity index is 2.14. The van der Waals surface area contributed by atoms with Gasteiger partial charge >= 0.3 is 0 Å². The van der Waals surface area contributed by atoms with Crippen LogP contribution in [0.3, 0.4) is 0 Å². The summed E-state index contributed by atoms with van der Waals surface area (Å²) in [5.74, 6) is 4.85. The van der Waals surface area contributed by atoms with E-state index in [4.69, 9.17) is 10.6 Å². The van der Waals surface area contributed by atoms with Crippen molar-refractivity contribution in [1.82, 2.24) is 0 Å². The fraction of sp³-hybridized carbons (Fsp3) is 1.00. The Morgan fingerprint density at radius 1 is 1.71 bits per heavy atom. The molecule has 1 atom stereocenters. The van der Waals surface area contributed by atoms with Gasteiger partial charge in [-0.1, -0.05) is 0 Å². The van der Waals surface area contributed by atoms with Crippen LogP contribution < -0.4 is 5.90 Å². The van der Waals surface area contributed by atoms with Gasteiger partial charge in [0.25, 0.3) is 0 Å². The molecule has 0 amide bonds. The molecule has 1 aliphatic heterocycles. The first-order valence-electron chi connectivity index (χ1n) is 2.37. The van der Waals surface area contributed by atoms with E-state index in [1.807, 2.05) is 0 Å². The highest BCUT2D eigenvalue weighted by atomic mass is 16.6. The third kappa shape index (κ3) is 1.12. The predicted octanol–water partition coefficient (Wildman–Crippen LogP) is -0.334. The largest absolute Gasteiger partial charge is 0.379 e. The summed E-state index contributed by atoms with van der Waals surface area (Å²) in [5.41, 5.74) is 0. The molecule has 2 N–H and O–H groups in total. The molecule has 1 aliphatic rings. The first-order valence-corrected chi connectivity index (χ1v) is 2.37. The molecule has 3 heteroatoms. The van der Waals surface area contributed by atoms with E-state index >= 15 is 0 Å². The van der Waals surface area contributed by atoms with Gasteiger partial charge in [-0.25, -0.2) is 5.90 Å². The van der Waals surface area contributed by atoms with E-state index in [2.05, 4.69) is 4.84 Å². The maximum absolute atomic E-state index is 4.94. The van der Waals surface area contributed by atoms with Gasteiger partial charge in [0.05, 0.1) is 6.61 Å². The van der Waals surface area contributed by atoms with Gasteiger partial charge < -0.3 is 4.74 Å². The van der Waals surface area contributed by atoms with Crippen LogP contribution in [0.1, 0.15) is 6.42 Å². The van der Waals surface area contributed by atoms with E-state index < -0.39 is 0 Å². The highest BCUT2D eigenvalue weighted by Crippen LogP contribution is 2.04. The molecule has 7 heavy (non-hydrogen) atoms. The molecule has 0 aromatic carbocycles. The molecule has 0 spiro atoms. The molecule has 0 radical (unpaired) electrons. The third-order valence-corrected chi connectivity index (χ3v) is 1.08. The van der Waals surface area contributed by atoms with E-state index in [1.165, 1.54) is 0 Å². The lowest BCUT2D eigenvalue weighted by atomic mass is 10.3. The van der Waals surface area contributed by atoms with Crippen LogP contribution in [0, 0.1) is 0 Å². The number of hydrogen-bond acceptors (Lipinski definition) is 3. The minimum absolute atomic E-state index is 0.153. The maximum Gasteiger partial charge on any atom is 0.104 e. The van der Waals surface area contributed by atoms with Crippen LogP contribution in [-0.4, -0.2) is 19.3 Å². The van der Waals surface area contributed by atoms with Crippen molar-refractivity contribution in [2.24, 2.45) is 5.90 Å². The van der Waals surface area contributed by atoms with Gasteiger partial charge in [0.15, 0.2) is 0 Å². The van der Waals surface area contributed by atoms with Crippen LogP contribution in [0.4, 0.5) is 0 Å². The molecule has 1 rings (SSSR count). The Morgan fingerprint density at radius 3 is 2.86 bits per heavy atom. The van der Waals surface area contributed by atoms with Crippen molar-refractivity contribution in [3.63, 3.8) is 0 Å². The van der Waals surface area contributed by atoms with E-state index in [1.54, 1.807) is 0 Å². The van der Waals surface area contributed by atoms with Crippen LogP contribution in [-0.2, 0) is 9.57 Å². The number of hydrogen-bond donors (Lipinski definition) is 1. The summed E-state index contributed by atoms with van der Waals surface area (Å²) in [5, 5.41) is 0. The minimum Gasteiger partial charge on any atom is -0.379 e. The second-order valence-corrected chi connectivity index (χ2v) is 1.62. The van der Waals surface area contributed by atoms with E-state index in [9.17, 15) is 0 Å². The van der Waals surface area contributed by atoms with Crippen molar-refractivity contribution in [1.29, 1.82) is 0 Å². The zero-order chi connectivity index (χ0) is 5.11. The van der Waals surface area contributed by atoms with Crippen LogP contribution >= 0.6 is 0 Å². The predicted molar refractivity (Wildman–Crippen MR) is 24.5 cm³/mol. The SMILES string of the molecule is NO[C@@H]1CCOC1. The Morgan fingerprint density at radius 2 is 2.57 bits per heavy atom. The monoisotopic (exact) mass is 103 g/mol. The lowest BCUT2D eigenvalue weighted by Gasteiger charge is -1.99. The van der Waals surface area contributed by atoms with Crippen LogP contribution in [0.2, 0.25) is 0 Å². The standard InChI is InChI=1S/C4H9NO2/c5-7-4-1-2-6-3-4/h4H,1-3,5H2/t4-/m1/s1. The summed E-state index contributed by atoms with van der Waals surface area (Å²) >= 11 is 0. The molecule has 0 aromatic heterocycles. The lowest BCUT2D eigenvalue weighted by Crippen LogP contribution is -2.16. The molecule has 0 saturated carbocycles. The first-order chi connectivity index (χ1) is 3.43. The van der Waals surface area contributed by atoms with E-state index in [0.717, 1.165) is 13.0 Å². The third-order valence-electron chi connectivity index (χ3n) is 1.08. The van der Waals surface area contributed by atoms with Crippen molar-refractivity contribution in [3.8, 4) is 0 Å². The minimum atomic E-state index is 0.153. The van der Waals surface area contributed by atoms with Crippen LogP contribution in [0.5, 0.6) is 0 Å². The van der Waals surface area contributed by atoms with Crippen molar-refractivity contribution in [2.75, 3.05) is 13.2 Å². The summed E-state index contributed by atoms with van der Waals surface area (Å²) in [4.78, 5) is 4.49. The fourth-order valence-corrected chi connectivity index (χ4v) is 0.620. The lowest BCUT2D eigenvalue weighted by molar-refractivity contribution is 0.0427. The van der Waals surface area contributed by atoms with Gasteiger partial charge in [-0.15, -0.1) is 0 Å². The second-order valence-electron chi connectivity index (χ2n) is 1.62. The summed E-state index contributed by atoms with van der Waals surface area (Å²) in [6.07, 6.45) is 1.09. The first kappa shape index (κ1) is 5.03. The van der Waals surface area contributed by atoms with E-state index in [-0.39, 0.29) is 6.10 Å². The Kier molecular flexibility index (Phi) is 1.62. The highest BCUT2D eigenvalue weighted by molar-refractivity contribution is 4.60. The van der Waals surface area contributed by atoms with Crippen molar-refractivity contribution >= 4 is 0 Å². The van der Waals surface area contributed by atoms with Crippen LogP contribution in [0.15, 0.2) is 0 Å². The topological polar surface area (TPSA) is 44.5 Å². The average molecular weight is 103 g/mol. The highest BCUT2D eigenvalue weighted by Gasteiger charge is 2.13. The summed E-state index contributed by atoms with van der Waals surface area (Å²) in [6, 6.07) is 0. The van der Waals surface area contributed by atoms with Gasteiger partial charge in [-0.3, -0.25) is 4.84 Å². The molecule has 0 aromatic rings. The van der Waals surface area contributed by atoms with Crippen molar-refractivity contribution < 1.29 is 9.57 Å². The van der Waals surface area contributed by atoms with Crippen molar-refractivity contribution in [2.45, 2.75) is 12.5 Å². The van der Waals surface area contributed by atoms with Gasteiger partial charge in [0.2, 0.25) is 0 Å². The summed E-state index contributed by atoms with van der Waals surface area (Å²) in [6.45, 7) is 1.46. The van der Waals surface area contributed by atoms with Crippen LogP contribution in [0.25, 0.3) is 0 Å². The number of ether oxygens (including phenoxy) is 1. The molecule has 1 fully saturated rings. The molecular weight excluding hydrogens is 94.0 g/mol. The van der Waals surface area contributed by atoms with E-state index in [0.29, 0.717) is 6.61 Å². The van der Waals surface area contributed by atoms with Gasteiger partial charge in [0.1, 0.15) is 6.10 Å². The molecular formula is C4H9NO2. The molecule has 0 bridgehead atoms. The normalized spacial score (nSPS) is 31.3. The maximum atomic E-state index is 4.94. The molecule has 0 aliphatic carbocycles. The fourth-order valence-electron chi connectivity index (χ4n) is 0.620.